The van der Waals surface area contributed by atoms with Crippen molar-refractivity contribution in [2.24, 2.45) is 0 Å². The number of rotatable bonds is 8. The average molecular weight is 423 g/mol. The molecule has 6 heteroatoms. The van der Waals surface area contributed by atoms with Crippen LogP contribution in [0.3, 0.4) is 0 Å². The number of sulfonamides is 1. The third-order valence-corrected chi connectivity index (χ3v) is 6.14. The third kappa shape index (κ3) is 5.94. The van der Waals surface area contributed by atoms with E-state index in [1.54, 1.807) is 48.5 Å². The zero-order valence-corrected chi connectivity index (χ0v) is 18.0. The molecule has 30 heavy (non-hydrogen) atoms. The largest absolute Gasteiger partial charge is 0.352 e. The number of anilines is 1. The number of nitrogens with one attached hydrogen (secondary N) is 2. The monoisotopic (exact) mass is 422 g/mol. The van der Waals surface area contributed by atoms with Crippen molar-refractivity contribution < 1.29 is 13.2 Å². The molecule has 3 aromatic carbocycles. The highest BCUT2D eigenvalue weighted by Gasteiger charge is 2.14. The second-order valence-electron chi connectivity index (χ2n) is 7.34. The van der Waals surface area contributed by atoms with Crippen molar-refractivity contribution in [2.75, 3.05) is 11.3 Å². The summed E-state index contributed by atoms with van der Waals surface area (Å²) in [6.45, 7) is 4.54. The maximum atomic E-state index is 12.5. The molecule has 0 aliphatic rings. The summed E-state index contributed by atoms with van der Waals surface area (Å²) in [4.78, 5) is 12.5. The predicted octanol–water partition coefficient (Wildman–Crippen LogP) is 4.47. The summed E-state index contributed by atoms with van der Waals surface area (Å²) in [6.07, 6.45) is 1.76. The van der Waals surface area contributed by atoms with Crippen molar-refractivity contribution in [2.45, 2.75) is 31.6 Å². The van der Waals surface area contributed by atoms with Crippen LogP contribution in [0.4, 0.5) is 5.69 Å². The summed E-state index contributed by atoms with van der Waals surface area (Å²) < 4.78 is 27.4. The lowest BCUT2D eigenvalue weighted by Gasteiger charge is -2.10. The van der Waals surface area contributed by atoms with E-state index in [-0.39, 0.29) is 10.8 Å². The molecule has 0 aliphatic carbocycles. The minimum Gasteiger partial charge on any atom is -0.352 e. The second-order valence-corrected chi connectivity index (χ2v) is 9.03. The number of hydrogen-bond acceptors (Lipinski definition) is 3. The molecule has 0 aromatic heterocycles. The Kier molecular flexibility index (Phi) is 6.90. The van der Waals surface area contributed by atoms with Gasteiger partial charge in [0, 0.05) is 17.8 Å². The Morgan fingerprint density at radius 3 is 2.23 bits per heavy atom. The van der Waals surface area contributed by atoms with Crippen molar-refractivity contribution in [1.82, 2.24) is 5.32 Å². The van der Waals surface area contributed by atoms with E-state index in [1.165, 1.54) is 11.1 Å². The van der Waals surface area contributed by atoms with Crippen LogP contribution in [-0.2, 0) is 16.4 Å². The molecule has 0 fully saturated rings. The minimum absolute atomic E-state index is 0.174. The number of amides is 1. The van der Waals surface area contributed by atoms with Crippen molar-refractivity contribution in [3.05, 3.63) is 95.1 Å². The molecule has 2 N–H and O–H groups in total. The first-order valence-corrected chi connectivity index (χ1v) is 11.4. The molecule has 0 aliphatic heterocycles. The topological polar surface area (TPSA) is 75.3 Å². The molecule has 0 atom stereocenters. The van der Waals surface area contributed by atoms with Gasteiger partial charge in [0.2, 0.25) is 0 Å². The van der Waals surface area contributed by atoms with E-state index in [9.17, 15) is 13.2 Å². The smallest absolute Gasteiger partial charge is 0.261 e. The Morgan fingerprint density at radius 1 is 0.867 bits per heavy atom. The highest BCUT2D eigenvalue weighted by Crippen LogP contribution is 2.17. The minimum atomic E-state index is -3.66. The molecular formula is C24H26N2O3S. The van der Waals surface area contributed by atoms with Crippen LogP contribution < -0.4 is 10.0 Å². The predicted molar refractivity (Wildman–Crippen MR) is 120 cm³/mol. The van der Waals surface area contributed by atoms with E-state index in [0.717, 1.165) is 18.4 Å². The average Bonchev–Trinajstić information content (AvgIpc) is 2.72. The van der Waals surface area contributed by atoms with Gasteiger partial charge in [-0.3, -0.25) is 9.52 Å². The van der Waals surface area contributed by atoms with E-state index < -0.39 is 10.0 Å². The summed E-state index contributed by atoms with van der Waals surface area (Å²) in [5, 5.41) is 2.91. The number of hydrogen-bond donors (Lipinski definition) is 2. The van der Waals surface area contributed by atoms with Crippen LogP contribution in [-0.4, -0.2) is 20.9 Å². The van der Waals surface area contributed by atoms with Gasteiger partial charge < -0.3 is 5.32 Å². The highest BCUT2D eigenvalue weighted by molar-refractivity contribution is 7.92. The summed E-state index contributed by atoms with van der Waals surface area (Å²) in [6, 6.07) is 21.4. The van der Waals surface area contributed by atoms with Crippen molar-refractivity contribution in [3.8, 4) is 0 Å². The Balaban J connectivity index is 1.52. The summed E-state index contributed by atoms with van der Waals surface area (Å²) in [5.41, 5.74) is 4.38. The van der Waals surface area contributed by atoms with Crippen LogP contribution in [0.15, 0.2) is 77.7 Å². The van der Waals surface area contributed by atoms with Crippen LogP contribution in [0.2, 0.25) is 0 Å². The van der Waals surface area contributed by atoms with Gasteiger partial charge in [0.25, 0.3) is 15.9 Å². The molecule has 3 aromatic rings. The molecule has 0 spiro atoms. The molecule has 0 heterocycles. The zero-order chi connectivity index (χ0) is 21.6. The molecular weight excluding hydrogens is 396 g/mol. The van der Waals surface area contributed by atoms with Crippen LogP contribution >= 0.6 is 0 Å². The molecule has 0 unspecified atom stereocenters. The molecule has 0 saturated carbocycles. The van der Waals surface area contributed by atoms with Gasteiger partial charge in [-0.25, -0.2) is 8.42 Å². The first-order chi connectivity index (χ1) is 14.3. The normalized spacial score (nSPS) is 11.1. The van der Waals surface area contributed by atoms with E-state index in [1.807, 2.05) is 13.0 Å². The van der Waals surface area contributed by atoms with E-state index in [2.05, 4.69) is 35.2 Å². The number of aryl methyl sites for hydroxylation is 3. The van der Waals surface area contributed by atoms with Crippen molar-refractivity contribution in [3.63, 3.8) is 0 Å². The molecule has 0 saturated heterocycles. The van der Waals surface area contributed by atoms with Gasteiger partial charge in [-0.15, -0.1) is 0 Å². The third-order valence-electron chi connectivity index (χ3n) is 4.74. The quantitative estimate of drug-likeness (QED) is 0.526. The number of carbonyl (C=O) groups excluding carboxylic acids is 1. The van der Waals surface area contributed by atoms with Gasteiger partial charge in [0.05, 0.1) is 4.90 Å². The maximum Gasteiger partial charge on any atom is 0.261 e. The van der Waals surface area contributed by atoms with Gasteiger partial charge >= 0.3 is 0 Å². The number of benzene rings is 3. The Hall–Kier alpha value is -3.12. The van der Waals surface area contributed by atoms with Gasteiger partial charge in [-0.1, -0.05) is 47.5 Å². The SMILES string of the molecule is Cc1ccc(S(=O)(=O)Nc2ccc(C(=O)NCCCc3cccc(C)c3)cc2)cc1. The van der Waals surface area contributed by atoms with E-state index in [0.29, 0.717) is 17.8 Å². The maximum absolute atomic E-state index is 12.5. The second kappa shape index (κ2) is 9.59. The Labute approximate surface area is 178 Å². The van der Waals surface area contributed by atoms with E-state index >= 15 is 0 Å². The van der Waals surface area contributed by atoms with Crippen LogP contribution in [0.25, 0.3) is 0 Å². The summed E-state index contributed by atoms with van der Waals surface area (Å²) >= 11 is 0. The fourth-order valence-corrected chi connectivity index (χ4v) is 4.14. The van der Waals surface area contributed by atoms with Gasteiger partial charge in [-0.2, -0.15) is 0 Å². The molecule has 3 rings (SSSR count). The lowest BCUT2D eigenvalue weighted by atomic mass is 10.1. The van der Waals surface area contributed by atoms with Crippen LogP contribution in [0.1, 0.15) is 33.5 Å². The fourth-order valence-electron chi connectivity index (χ4n) is 3.09. The summed E-state index contributed by atoms with van der Waals surface area (Å²) in [5.74, 6) is -0.174. The first kappa shape index (κ1) is 21.6. The summed E-state index contributed by atoms with van der Waals surface area (Å²) in [7, 11) is -3.66. The molecule has 5 nitrogen and oxygen atoms in total. The van der Waals surface area contributed by atoms with Gasteiger partial charge in [-0.05, 0) is 68.7 Å². The zero-order valence-electron chi connectivity index (χ0n) is 17.2. The lowest BCUT2D eigenvalue weighted by Crippen LogP contribution is -2.24. The van der Waals surface area contributed by atoms with Crippen LogP contribution in [0.5, 0.6) is 0 Å². The first-order valence-electron chi connectivity index (χ1n) is 9.87. The standard InChI is InChI=1S/C24H26N2O3S/c1-18-8-14-23(15-9-18)30(28,29)26-22-12-10-21(11-13-22)24(27)25-16-4-7-20-6-3-5-19(2)17-20/h3,5-6,8-15,17,26H,4,7,16H2,1-2H3,(H,25,27). The van der Waals surface area contributed by atoms with Crippen molar-refractivity contribution in [1.29, 1.82) is 0 Å². The number of carbonyl (C=O) groups is 1. The van der Waals surface area contributed by atoms with Crippen LogP contribution in [0, 0.1) is 13.8 Å². The van der Waals surface area contributed by atoms with E-state index in [4.69, 9.17) is 0 Å². The fraction of sp³-hybridized carbons (Fsp3) is 0.208. The Bertz CT molecular complexity index is 1110. The Morgan fingerprint density at radius 2 is 1.57 bits per heavy atom. The lowest BCUT2D eigenvalue weighted by molar-refractivity contribution is 0.0953. The van der Waals surface area contributed by atoms with Gasteiger partial charge in [0.15, 0.2) is 0 Å². The highest BCUT2D eigenvalue weighted by atomic mass is 32.2. The molecule has 156 valence electrons. The molecule has 1 amide bonds. The van der Waals surface area contributed by atoms with Gasteiger partial charge in [0.1, 0.15) is 0 Å². The molecule has 0 bridgehead atoms. The molecule has 0 radical (unpaired) electrons. The van der Waals surface area contributed by atoms with Crippen molar-refractivity contribution >= 4 is 21.6 Å².